The predicted octanol–water partition coefficient (Wildman–Crippen LogP) is 2.20. The molecule has 1 aliphatic carbocycles. The van der Waals surface area contributed by atoms with Gasteiger partial charge in [-0.15, -0.1) is 0 Å². The summed E-state index contributed by atoms with van der Waals surface area (Å²) in [5, 5.41) is 12.1. The van der Waals surface area contributed by atoms with Gasteiger partial charge in [0.15, 0.2) is 0 Å². The molecule has 0 spiro atoms. The molecule has 3 rings (SSSR count). The molecular weight excluding hydrogens is 308 g/mol. The van der Waals surface area contributed by atoms with Gasteiger partial charge in [0.25, 0.3) is 0 Å². The SMILES string of the molecule is CC(=O)N1CCc2cc(NC(=O)[C@@H]3CC=CC[C@H]3C(=O)O)ccc21. The van der Waals surface area contributed by atoms with Gasteiger partial charge in [0.2, 0.25) is 11.8 Å². The first kappa shape index (κ1) is 16.2. The summed E-state index contributed by atoms with van der Waals surface area (Å²) in [6, 6.07) is 5.45. The molecule has 0 fully saturated rings. The topological polar surface area (TPSA) is 86.7 Å². The van der Waals surface area contributed by atoms with Crippen molar-refractivity contribution in [3.63, 3.8) is 0 Å². The number of allylic oxidation sites excluding steroid dienone is 2. The molecule has 6 heteroatoms. The van der Waals surface area contributed by atoms with Gasteiger partial charge in [-0.1, -0.05) is 12.2 Å². The lowest BCUT2D eigenvalue weighted by Crippen LogP contribution is -2.34. The highest BCUT2D eigenvalue weighted by molar-refractivity contribution is 5.97. The molecule has 2 aliphatic rings. The molecule has 1 aromatic carbocycles. The summed E-state index contributed by atoms with van der Waals surface area (Å²) < 4.78 is 0. The minimum atomic E-state index is -0.939. The Morgan fingerprint density at radius 1 is 1.17 bits per heavy atom. The maximum atomic E-state index is 12.5. The van der Waals surface area contributed by atoms with Crippen molar-refractivity contribution in [2.75, 3.05) is 16.8 Å². The number of fused-ring (bicyclic) bond motifs is 1. The van der Waals surface area contributed by atoms with E-state index in [0.29, 0.717) is 25.1 Å². The molecule has 2 atom stereocenters. The fraction of sp³-hybridized carbons (Fsp3) is 0.389. The molecule has 1 aliphatic heterocycles. The van der Waals surface area contributed by atoms with Crippen LogP contribution in [0.2, 0.25) is 0 Å². The van der Waals surface area contributed by atoms with E-state index >= 15 is 0 Å². The molecule has 1 aromatic rings. The van der Waals surface area contributed by atoms with Crippen molar-refractivity contribution in [1.82, 2.24) is 0 Å². The highest BCUT2D eigenvalue weighted by Gasteiger charge is 2.34. The Balaban J connectivity index is 1.75. The van der Waals surface area contributed by atoms with E-state index in [1.807, 2.05) is 24.3 Å². The fourth-order valence-electron chi connectivity index (χ4n) is 3.42. The van der Waals surface area contributed by atoms with Gasteiger partial charge in [-0.3, -0.25) is 14.4 Å². The van der Waals surface area contributed by atoms with E-state index in [4.69, 9.17) is 0 Å². The van der Waals surface area contributed by atoms with Gasteiger partial charge < -0.3 is 15.3 Å². The smallest absolute Gasteiger partial charge is 0.307 e. The van der Waals surface area contributed by atoms with Gasteiger partial charge >= 0.3 is 5.97 Å². The molecule has 0 unspecified atom stereocenters. The van der Waals surface area contributed by atoms with Crippen LogP contribution in [-0.2, 0) is 20.8 Å². The van der Waals surface area contributed by atoms with Gasteiger partial charge in [0, 0.05) is 24.8 Å². The minimum absolute atomic E-state index is 0.00354. The molecule has 0 bridgehead atoms. The summed E-state index contributed by atoms with van der Waals surface area (Å²) in [4.78, 5) is 37.1. The number of aliphatic carboxylic acids is 1. The standard InChI is InChI=1S/C18H20N2O4/c1-11(21)20-9-8-12-10-13(6-7-16(12)20)19-17(22)14-4-2-3-5-15(14)18(23)24/h2-3,6-7,10,14-15H,4-5,8-9H2,1H3,(H,19,22)(H,23,24)/t14-,15-/m1/s1. The van der Waals surface area contributed by atoms with Crippen molar-refractivity contribution in [3.05, 3.63) is 35.9 Å². The van der Waals surface area contributed by atoms with Crippen molar-refractivity contribution >= 4 is 29.2 Å². The van der Waals surface area contributed by atoms with Crippen LogP contribution in [0.15, 0.2) is 30.4 Å². The minimum Gasteiger partial charge on any atom is -0.481 e. The molecule has 1 heterocycles. The van der Waals surface area contributed by atoms with Gasteiger partial charge in [-0.2, -0.15) is 0 Å². The van der Waals surface area contributed by atoms with Crippen molar-refractivity contribution in [3.8, 4) is 0 Å². The molecule has 0 saturated heterocycles. The van der Waals surface area contributed by atoms with Crippen LogP contribution in [0.1, 0.15) is 25.3 Å². The molecule has 0 radical (unpaired) electrons. The average molecular weight is 328 g/mol. The van der Waals surface area contributed by atoms with E-state index in [0.717, 1.165) is 17.7 Å². The Hall–Kier alpha value is -2.63. The molecule has 0 aromatic heterocycles. The number of benzene rings is 1. The van der Waals surface area contributed by atoms with Crippen molar-refractivity contribution in [2.24, 2.45) is 11.8 Å². The number of hydrogen-bond donors (Lipinski definition) is 2. The molecule has 0 saturated carbocycles. The first-order chi connectivity index (χ1) is 11.5. The molecular formula is C18H20N2O4. The normalized spacial score (nSPS) is 22.1. The molecule has 2 N–H and O–H groups in total. The maximum Gasteiger partial charge on any atom is 0.307 e. The van der Waals surface area contributed by atoms with Crippen LogP contribution in [-0.4, -0.2) is 29.4 Å². The average Bonchev–Trinajstić information content (AvgIpc) is 2.98. The van der Waals surface area contributed by atoms with Crippen molar-refractivity contribution in [1.29, 1.82) is 0 Å². The van der Waals surface area contributed by atoms with Crippen LogP contribution in [0.3, 0.4) is 0 Å². The summed E-state index contributed by atoms with van der Waals surface area (Å²) in [6.45, 7) is 2.18. The fourth-order valence-corrected chi connectivity index (χ4v) is 3.42. The van der Waals surface area contributed by atoms with Crippen LogP contribution >= 0.6 is 0 Å². The second kappa shape index (κ2) is 6.47. The first-order valence-electron chi connectivity index (χ1n) is 8.07. The molecule has 24 heavy (non-hydrogen) atoms. The zero-order valence-electron chi connectivity index (χ0n) is 13.5. The summed E-state index contributed by atoms with van der Waals surface area (Å²) in [5.41, 5.74) is 2.54. The Kier molecular flexibility index (Phi) is 4.38. The number of carboxylic acid groups (broad SMARTS) is 1. The van der Waals surface area contributed by atoms with Gasteiger partial charge in [0.1, 0.15) is 0 Å². The molecule has 6 nitrogen and oxygen atoms in total. The highest BCUT2D eigenvalue weighted by Crippen LogP contribution is 2.32. The van der Waals surface area contributed by atoms with Crippen molar-refractivity contribution in [2.45, 2.75) is 26.2 Å². The van der Waals surface area contributed by atoms with Crippen LogP contribution < -0.4 is 10.2 Å². The maximum absolute atomic E-state index is 12.5. The molecule has 2 amide bonds. The number of anilines is 2. The zero-order chi connectivity index (χ0) is 17.3. The lowest BCUT2D eigenvalue weighted by atomic mass is 9.82. The lowest BCUT2D eigenvalue weighted by molar-refractivity contribution is -0.146. The van der Waals surface area contributed by atoms with Gasteiger partial charge in [-0.05, 0) is 43.0 Å². The third-order valence-corrected chi connectivity index (χ3v) is 4.71. The van der Waals surface area contributed by atoms with Crippen LogP contribution in [0.4, 0.5) is 11.4 Å². The number of rotatable bonds is 3. The predicted molar refractivity (Wildman–Crippen MR) is 89.8 cm³/mol. The first-order valence-corrected chi connectivity index (χ1v) is 8.07. The summed E-state index contributed by atoms with van der Waals surface area (Å²) in [7, 11) is 0. The van der Waals surface area contributed by atoms with E-state index in [2.05, 4.69) is 5.32 Å². The number of carboxylic acids is 1. The van der Waals surface area contributed by atoms with Crippen molar-refractivity contribution < 1.29 is 19.5 Å². The number of nitrogens with one attached hydrogen (secondary N) is 1. The number of amides is 2. The van der Waals surface area contributed by atoms with Gasteiger partial charge in [-0.25, -0.2) is 0 Å². The Morgan fingerprint density at radius 2 is 1.88 bits per heavy atom. The van der Waals surface area contributed by atoms with E-state index in [1.165, 1.54) is 6.92 Å². The number of nitrogens with zero attached hydrogens (tertiary/aromatic N) is 1. The Bertz CT molecular complexity index is 726. The monoisotopic (exact) mass is 328 g/mol. The van der Waals surface area contributed by atoms with Gasteiger partial charge in [0.05, 0.1) is 11.8 Å². The Morgan fingerprint density at radius 3 is 2.54 bits per heavy atom. The molecule has 126 valence electrons. The number of carbonyl (C=O) groups excluding carboxylic acids is 2. The Labute approximate surface area is 140 Å². The third-order valence-electron chi connectivity index (χ3n) is 4.71. The zero-order valence-corrected chi connectivity index (χ0v) is 13.5. The lowest BCUT2D eigenvalue weighted by Gasteiger charge is -2.24. The quantitative estimate of drug-likeness (QED) is 0.833. The highest BCUT2D eigenvalue weighted by atomic mass is 16.4. The van der Waals surface area contributed by atoms with Crippen LogP contribution in [0.25, 0.3) is 0 Å². The number of hydrogen-bond acceptors (Lipinski definition) is 3. The second-order valence-electron chi connectivity index (χ2n) is 6.25. The third kappa shape index (κ3) is 3.04. The summed E-state index contributed by atoms with van der Waals surface area (Å²) in [5.74, 6) is -2.45. The van der Waals surface area contributed by atoms with E-state index < -0.39 is 17.8 Å². The second-order valence-corrected chi connectivity index (χ2v) is 6.25. The van der Waals surface area contributed by atoms with Crippen LogP contribution in [0.5, 0.6) is 0 Å². The summed E-state index contributed by atoms with van der Waals surface area (Å²) >= 11 is 0. The van der Waals surface area contributed by atoms with E-state index in [-0.39, 0.29) is 11.8 Å². The van der Waals surface area contributed by atoms with E-state index in [9.17, 15) is 19.5 Å². The number of carbonyl (C=O) groups is 3. The largest absolute Gasteiger partial charge is 0.481 e. The van der Waals surface area contributed by atoms with Crippen LogP contribution in [0, 0.1) is 11.8 Å². The summed E-state index contributed by atoms with van der Waals surface area (Å²) in [6.07, 6.45) is 5.24. The van der Waals surface area contributed by atoms with E-state index in [1.54, 1.807) is 11.0 Å².